The van der Waals surface area contributed by atoms with E-state index >= 15 is 0 Å². The van der Waals surface area contributed by atoms with Crippen LogP contribution in [0.3, 0.4) is 0 Å². The molecule has 1 heterocycles. The maximum absolute atomic E-state index is 12.1. The number of aryl methyl sites for hydroxylation is 2. The van der Waals surface area contributed by atoms with Crippen LogP contribution >= 0.6 is 0 Å². The van der Waals surface area contributed by atoms with Crippen molar-refractivity contribution in [2.45, 2.75) is 52.5 Å². The lowest BCUT2D eigenvalue weighted by atomic mass is 9.81. The minimum Gasteiger partial charge on any atom is -0.292 e. The van der Waals surface area contributed by atoms with E-state index in [9.17, 15) is 4.79 Å². The Labute approximate surface area is 96.8 Å². The van der Waals surface area contributed by atoms with Gasteiger partial charge in [-0.3, -0.25) is 9.48 Å². The average Bonchev–Trinajstić information content (AvgIpc) is 2.66. The van der Waals surface area contributed by atoms with Crippen LogP contribution in [0.5, 0.6) is 0 Å². The highest BCUT2D eigenvalue weighted by Gasteiger charge is 2.23. The Morgan fingerprint density at radius 3 is 2.75 bits per heavy atom. The number of Topliss-reactive ketones (excluding diaryl/α,β-unsaturated/α-hetero) is 1. The molecular weight excluding hydrogens is 200 g/mol. The van der Waals surface area contributed by atoms with Crippen LogP contribution < -0.4 is 0 Å². The molecule has 0 atom stereocenters. The van der Waals surface area contributed by atoms with E-state index in [2.05, 4.69) is 12.0 Å². The molecule has 1 aliphatic carbocycles. The van der Waals surface area contributed by atoms with Crippen molar-refractivity contribution in [1.29, 1.82) is 0 Å². The van der Waals surface area contributed by atoms with Crippen molar-refractivity contribution in [3.63, 3.8) is 0 Å². The van der Waals surface area contributed by atoms with E-state index < -0.39 is 0 Å². The van der Waals surface area contributed by atoms with Crippen LogP contribution in [0.4, 0.5) is 0 Å². The highest BCUT2D eigenvalue weighted by atomic mass is 16.1. The average molecular weight is 220 g/mol. The lowest BCUT2D eigenvalue weighted by Crippen LogP contribution is -2.18. The summed E-state index contributed by atoms with van der Waals surface area (Å²) >= 11 is 0. The van der Waals surface area contributed by atoms with Crippen LogP contribution in [0, 0.1) is 5.92 Å². The second-order valence-corrected chi connectivity index (χ2v) is 4.61. The van der Waals surface area contributed by atoms with Gasteiger partial charge in [0.15, 0.2) is 5.78 Å². The molecule has 0 radical (unpaired) electrons. The first-order chi connectivity index (χ1) is 7.74. The lowest BCUT2D eigenvalue weighted by molar-refractivity contribution is 0.0926. The standard InChI is InChI=1S/C13H20N2O/c1-3-11-9-12(15(4-2)14-11)13(16)8-10-6-5-7-10/h9-10H,3-8H2,1-2H3. The molecule has 1 fully saturated rings. The Morgan fingerprint density at radius 1 is 1.50 bits per heavy atom. The van der Waals surface area contributed by atoms with Gasteiger partial charge in [0.25, 0.3) is 0 Å². The summed E-state index contributed by atoms with van der Waals surface area (Å²) in [6.07, 6.45) is 5.37. The largest absolute Gasteiger partial charge is 0.292 e. The van der Waals surface area contributed by atoms with Crippen molar-refractivity contribution in [2.24, 2.45) is 5.92 Å². The summed E-state index contributed by atoms with van der Waals surface area (Å²) in [6, 6.07) is 1.96. The van der Waals surface area contributed by atoms with Gasteiger partial charge >= 0.3 is 0 Å². The maximum Gasteiger partial charge on any atom is 0.181 e. The highest BCUT2D eigenvalue weighted by molar-refractivity contribution is 5.94. The lowest BCUT2D eigenvalue weighted by Gasteiger charge is -2.24. The maximum atomic E-state index is 12.1. The fourth-order valence-corrected chi connectivity index (χ4v) is 2.17. The normalized spacial score (nSPS) is 16.1. The Bertz CT molecular complexity index is 377. The van der Waals surface area contributed by atoms with E-state index in [1.807, 2.05) is 17.7 Å². The Morgan fingerprint density at radius 2 is 2.25 bits per heavy atom. The van der Waals surface area contributed by atoms with Crippen LogP contribution in [0.2, 0.25) is 0 Å². The summed E-state index contributed by atoms with van der Waals surface area (Å²) in [4.78, 5) is 12.1. The second-order valence-electron chi connectivity index (χ2n) is 4.61. The van der Waals surface area contributed by atoms with Gasteiger partial charge in [-0.05, 0) is 25.3 Å². The van der Waals surface area contributed by atoms with Crippen molar-refractivity contribution < 1.29 is 4.79 Å². The molecule has 88 valence electrons. The topological polar surface area (TPSA) is 34.9 Å². The van der Waals surface area contributed by atoms with Crippen molar-refractivity contribution in [3.05, 3.63) is 17.5 Å². The number of carbonyl (C=O) groups excluding carboxylic acids is 1. The van der Waals surface area contributed by atoms with E-state index in [0.29, 0.717) is 5.92 Å². The predicted octanol–water partition coefficient (Wildman–Crippen LogP) is 2.84. The van der Waals surface area contributed by atoms with Gasteiger partial charge in [-0.2, -0.15) is 5.10 Å². The van der Waals surface area contributed by atoms with E-state index in [1.54, 1.807) is 0 Å². The van der Waals surface area contributed by atoms with Gasteiger partial charge in [0, 0.05) is 13.0 Å². The number of rotatable bonds is 5. The first kappa shape index (κ1) is 11.4. The molecule has 0 bridgehead atoms. The molecular formula is C13H20N2O. The molecule has 1 saturated carbocycles. The second kappa shape index (κ2) is 4.81. The number of carbonyl (C=O) groups is 1. The van der Waals surface area contributed by atoms with E-state index in [-0.39, 0.29) is 5.78 Å². The summed E-state index contributed by atoms with van der Waals surface area (Å²) in [6.45, 7) is 4.89. The van der Waals surface area contributed by atoms with Crippen LogP contribution in [0.15, 0.2) is 6.07 Å². The third-order valence-electron chi connectivity index (χ3n) is 3.48. The van der Waals surface area contributed by atoms with Gasteiger partial charge < -0.3 is 0 Å². The third-order valence-corrected chi connectivity index (χ3v) is 3.48. The van der Waals surface area contributed by atoms with Crippen LogP contribution in [0.25, 0.3) is 0 Å². The first-order valence-electron chi connectivity index (χ1n) is 6.34. The zero-order chi connectivity index (χ0) is 11.5. The van der Waals surface area contributed by atoms with Gasteiger partial charge in [-0.1, -0.05) is 26.2 Å². The van der Waals surface area contributed by atoms with Crippen LogP contribution in [-0.2, 0) is 13.0 Å². The molecule has 0 aliphatic heterocycles. The number of aromatic nitrogens is 2. The molecule has 3 heteroatoms. The van der Waals surface area contributed by atoms with E-state index in [4.69, 9.17) is 0 Å². The number of hydrogen-bond donors (Lipinski definition) is 0. The summed E-state index contributed by atoms with van der Waals surface area (Å²) in [5.74, 6) is 0.913. The van der Waals surface area contributed by atoms with Crippen molar-refractivity contribution in [2.75, 3.05) is 0 Å². The van der Waals surface area contributed by atoms with Gasteiger partial charge in [-0.25, -0.2) is 0 Å². The Hall–Kier alpha value is -1.12. The van der Waals surface area contributed by atoms with Crippen LogP contribution in [0.1, 0.15) is 55.7 Å². The van der Waals surface area contributed by atoms with Gasteiger partial charge in [0.1, 0.15) is 5.69 Å². The number of ketones is 1. The zero-order valence-corrected chi connectivity index (χ0v) is 10.2. The SMILES string of the molecule is CCc1cc(C(=O)CC2CCC2)n(CC)n1. The fourth-order valence-electron chi connectivity index (χ4n) is 2.17. The smallest absolute Gasteiger partial charge is 0.181 e. The summed E-state index contributed by atoms with van der Waals surface area (Å²) < 4.78 is 1.85. The van der Waals surface area contributed by atoms with Crippen molar-refractivity contribution in [3.8, 4) is 0 Å². The summed E-state index contributed by atoms with van der Waals surface area (Å²) in [5.41, 5.74) is 1.84. The monoisotopic (exact) mass is 220 g/mol. The van der Waals surface area contributed by atoms with Crippen molar-refractivity contribution in [1.82, 2.24) is 9.78 Å². The zero-order valence-electron chi connectivity index (χ0n) is 10.2. The predicted molar refractivity (Wildman–Crippen MR) is 63.6 cm³/mol. The molecule has 3 nitrogen and oxygen atoms in total. The summed E-state index contributed by atoms with van der Waals surface area (Å²) in [7, 11) is 0. The molecule has 16 heavy (non-hydrogen) atoms. The van der Waals surface area contributed by atoms with Gasteiger partial charge in [-0.15, -0.1) is 0 Å². The molecule has 0 N–H and O–H groups in total. The molecule has 0 spiro atoms. The van der Waals surface area contributed by atoms with E-state index in [0.717, 1.165) is 30.8 Å². The van der Waals surface area contributed by atoms with Crippen molar-refractivity contribution >= 4 is 5.78 Å². The third kappa shape index (κ3) is 2.18. The number of nitrogens with zero attached hydrogens (tertiary/aromatic N) is 2. The molecule has 1 aromatic heterocycles. The molecule has 1 aliphatic rings. The Balaban J connectivity index is 2.10. The molecule has 0 amide bonds. The Kier molecular flexibility index (Phi) is 3.42. The summed E-state index contributed by atoms with van der Waals surface area (Å²) in [5, 5.41) is 4.42. The minimum absolute atomic E-state index is 0.277. The first-order valence-corrected chi connectivity index (χ1v) is 6.34. The minimum atomic E-state index is 0.277. The van der Waals surface area contributed by atoms with Crippen LogP contribution in [-0.4, -0.2) is 15.6 Å². The molecule has 0 unspecified atom stereocenters. The fraction of sp³-hybridized carbons (Fsp3) is 0.692. The van der Waals surface area contributed by atoms with Gasteiger partial charge in [0.05, 0.1) is 5.69 Å². The van der Waals surface area contributed by atoms with Gasteiger partial charge in [0.2, 0.25) is 0 Å². The number of hydrogen-bond acceptors (Lipinski definition) is 2. The molecule has 2 rings (SSSR count). The molecule has 1 aromatic rings. The molecule has 0 aromatic carbocycles. The van der Waals surface area contributed by atoms with E-state index in [1.165, 1.54) is 19.3 Å². The molecule has 0 saturated heterocycles. The highest BCUT2D eigenvalue weighted by Crippen LogP contribution is 2.30. The quantitative estimate of drug-likeness (QED) is 0.715.